The standard InChI is InChI=1S/C36H53FN2O7Si/c1-11-13-15-43-30-20(3)17-24(37)22-18-21-19-23-28(39(7)8)31-27(34(38-45-31)44-16-14-12-2)33(42)36(23,46-47(9,10)35(4,5)6)32(41)25(21)29(40)26(22)30/h17,21,23,27-28,31,40H,11-16,18-19H2,1-10H3/t21-,23-,27?,28-,31?,36-/m0/s1. The van der Waals surface area contributed by atoms with Gasteiger partial charge in [0.1, 0.15) is 23.2 Å². The third-order valence-electron chi connectivity index (χ3n) is 11.1. The van der Waals surface area contributed by atoms with E-state index in [-0.39, 0.29) is 34.3 Å². The van der Waals surface area contributed by atoms with E-state index in [1.54, 1.807) is 6.92 Å². The first kappa shape index (κ1) is 35.5. The van der Waals surface area contributed by atoms with Crippen LogP contribution in [0.4, 0.5) is 4.39 Å². The molecular formula is C36H53FN2O7Si. The Morgan fingerprint density at radius 3 is 2.36 bits per heavy atom. The number of aliphatic hydroxyl groups is 1. The molecule has 0 aromatic heterocycles. The van der Waals surface area contributed by atoms with Gasteiger partial charge >= 0.3 is 0 Å². The number of nitrogens with zero attached hydrogens (tertiary/aromatic N) is 2. The topological polar surface area (TPSA) is 107 Å². The number of benzene rings is 1. The van der Waals surface area contributed by atoms with Crippen molar-refractivity contribution in [2.45, 2.75) is 116 Å². The highest BCUT2D eigenvalue weighted by Gasteiger charge is 2.72. The van der Waals surface area contributed by atoms with Gasteiger partial charge in [0.2, 0.25) is 11.7 Å². The molecule has 260 valence electrons. The predicted octanol–water partition coefficient (Wildman–Crippen LogP) is 6.76. The number of aryl methyl sites for hydroxylation is 1. The SMILES string of the molecule is CCCCOC1=NOC2C1C(=O)[C@@]1(O[Si](C)(C)C(C)(C)C)C(=O)C3=C(O)c4c(c(F)cc(C)c4OCCCC)C[C@H]3C[C@H]1[C@@H]2N(C)C. The minimum atomic E-state index is -2.83. The Labute approximate surface area is 280 Å². The molecule has 4 aliphatic rings. The van der Waals surface area contributed by atoms with E-state index in [4.69, 9.17) is 18.7 Å². The molecular weight excluding hydrogens is 619 g/mol. The zero-order chi connectivity index (χ0) is 34.6. The van der Waals surface area contributed by atoms with E-state index >= 15 is 14.0 Å². The fourth-order valence-corrected chi connectivity index (χ4v) is 9.06. The molecule has 2 unspecified atom stereocenters. The highest BCUT2D eigenvalue weighted by Crippen LogP contribution is 2.57. The molecule has 0 saturated heterocycles. The second-order valence-electron chi connectivity index (χ2n) is 15.5. The van der Waals surface area contributed by atoms with Crippen LogP contribution in [-0.4, -0.2) is 80.8 Å². The molecule has 3 aliphatic carbocycles. The lowest BCUT2D eigenvalue weighted by Gasteiger charge is -2.57. The van der Waals surface area contributed by atoms with Gasteiger partial charge in [-0.15, -0.1) is 0 Å². The Kier molecular flexibility index (Phi) is 9.78. The molecule has 6 atom stereocenters. The van der Waals surface area contributed by atoms with Crippen molar-refractivity contribution in [2.75, 3.05) is 27.3 Å². The summed E-state index contributed by atoms with van der Waals surface area (Å²) in [4.78, 5) is 38.6. The zero-order valence-corrected chi connectivity index (χ0v) is 30.8. The first-order chi connectivity index (χ1) is 22.0. The van der Waals surface area contributed by atoms with E-state index in [1.807, 2.05) is 45.9 Å². The summed E-state index contributed by atoms with van der Waals surface area (Å²) >= 11 is 0. The molecule has 0 amide bonds. The van der Waals surface area contributed by atoms with Gasteiger partial charge in [0.05, 0.1) is 24.8 Å². The molecule has 0 radical (unpaired) electrons. The molecule has 2 saturated carbocycles. The van der Waals surface area contributed by atoms with Crippen LogP contribution in [0.3, 0.4) is 0 Å². The van der Waals surface area contributed by atoms with Crippen LogP contribution >= 0.6 is 0 Å². The van der Waals surface area contributed by atoms with Crippen LogP contribution in [0.15, 0.2) is 16.8 Å². The zero-order valence-electron chi connectivity index (χ0n) is 29.8. The monoisotopic (exact) mass is 672 g/mol. The second kappa shape index (κ2) is 12.9. The van der Waals surface area contributed by atoms with Crippen molar-refractivity contribution in [1.82, 2.24) is 4.90 Å². The lowest BCUT2D eigenvalue weighted by Crippen LogP contribution is -2.75. The number of carbonyl (C=O) groups excluding carboxylic acids is 2. The number of ether oxygens (including phenoxy) is 2. The van der Waals surface area contributed by atoms with Gasteiger partial charge in [-0.2, -0.15) is 0 Å². The lowest BCUT2D eigenvalue weighted by atomic mass is 9.54. The van der Waals surface area contributed by atoms with Gasteiger partial charge in [0, 0.05) is 17.1 Å². The highest BCUT2D eigenvalue weighted by molar-refractivity contribution is 6.74. The number of halogens is 1. The number of likely N-dealkylation sites (N-methyl/N-ethyl adjacent to an activating group) is 1. The lowest BCUT2D eigenvalue weighted by molar-refractivity contribution is -0.178. The molecule has 0 spiro atoms. The fourth-order valence-electron chi connectivity index (χ4n) is 7.61. The maximum Gasteiger partial charge on any atom is 0.240 e. The molecule has 1 heterocycles. The first-order valence-corrected chi connectivity index (χ1v) is 20.1. The van der Waals surface area contributed by atoms with Crippen LogP contribution in [0, 0.1) is 30.5 Å². The minimum absolute atomic E-state index is 0.117. The maximum absolute atomic E-state index is 15.7. The highest BCUT2D eigenvalue weighted by atomic mass is 28.4. The molecule has 5 rings (SSSR count). The van der Waals surface area contributed by atoms with Crippen molar-refractivity contribution < 1.29 is 37.8 Å². The number of ketones is 2. The van der Waals surface area contributed by atoms with Gasteiger partial charge in [0.15, 0.2) is 25.8 Å². The number of fused-ring (bicyclic) bond motifs is 4. The Hall–Kier alpha value is -2.76. The predicted molar refractivity (Wildman–Crippen MR) is 182 cm³/mol. The number of carbonyl (C=O) groups is 2. The molecule has 9 nitrogen and oxygen atoms in total. The molecule has 1 N–H and O–H groups in total. The van der Waals surface area contributed by atoms with Crippen molar-refractivity contribution in [1.29, 1.82) is 0 Å². The van der Waals surface area contributed by atoms with Crippen LogP contribution in [-0.2, 0) is 30.0 Å². The molecule has 11 heteroatoms. The number of hydrogen-bond acceptors (Lipinski definition) is 9. The van der Waals surface area contributed by atoms with Crippen molar-refractivity contribution in [3.63, 3.8) is 0 Å². The van der Waals surface area contributed by atoms with Crippen LogP contribution in [0.5, 0.6) is 5.75 Å². The van der Waals surface area contributed by atoms with E-state index in [0.29, 0.717) is 36.5 Å². The largest absolute Gasteiger partial charge is 0.507 e. The van der Waals surface area contributed by atoms with Crippen molar-refractivity contribution in [3.05, 3.63) is 34.1 Å². The van der Waals surface area contributed by atoms with E-state index in [0.717, 1.165) is 25.7 Å². The van der Waals surface area contributed by atoms with Crippen LogP contribution in [0.25, 0.3) is 5.76 Å². The fraction of sp³-hybridized carbons (Fsp3) is 0.694. The molecule has 0 bridgehead atoms. The van der Waals surface area contributed by atoms with Crippen molar-refractivity contribution in [3.8, 4) is 5.75 Å². The smallest absolute Gasteiger partial charge is 0.240 e. The first-order valence-electron chi connectivity index (χ1n) is 17.2. The quantitative estimate of drug-likeness (QED) is 0.165. The third kappa shape index (κ3) is 5.73. The molecule has 47 heavy (non-hydrogen) atoms. The van der Waals surface area contributed by atoms with Crippen molar-refractivity contribution in [2.24, 2.45) is 22.9 Å². The van der Waals surface area contributed by atoms with Crippen molar-refractivity contribution >= 4 is 31.5 Å². The summed E-state index contributed by atoms with van der Waals surface area (Å²) in [5.74, 6) is -3.35. The van der Waals surface area contributed by atoms with Gasteiger partial charge in [-0.05, 0) is 82.4 Å². The number of hydrogen-bond donors (Lipinski definition) is 1. The van der Waals surface area contributed by atoms with Gasteiger partial charge < -0.3 is 28.7 Å². The summed E-state index contributed by atoms with van der Waals surface area (Å²) in [5, 5.41) is 16.0. The Balaban J connectivity index is 1.73. The number of unbranched alkanes of at least 4 members (excludes halogenated alkanes) is 2. The van der Waals surface area contributed by atoms with Gasteiger partial charge in [0.25, 0.3) is 0 Å². The van der Waals surface area contributed by atoms with E-state index in [2.05, 4.69) is 25.9 Å². The number of rotatable bonds is 10. The third-order valence-corrected chi connectivity index (χ3v) is 15.5. The maximum atomic E-state index is 15.7. The van der Waals surface area contributed by atoms with Crippen LogP contribution in [0.1, 0.15) is 83.4 Å². The average molecular weight is 673 g/mol. The van der Waals surface area contributed by atoms with E-state index < -0.39 is 61.2 Å². The summed E-state index contributed by atoms with van der Waals surface area (Å²) in [6, 6.07) is 0.984. The minimum Gasteiger partial charge on any atom is -0.507 e. The van der Waals surface area contributed by atoms with Gasteiger partial charge in [-0.3, -0.25) is 9.59 Å². The number of aliphatic hydroxyl groups excluding tert-OH is 1. The summed E-state index contributed by atoms with van der Waals surface area (Å²) in [7, 11) is 0.979. The Morgan fingerprint density at radius 2 is 1.77 bits per heavy atom. The van der Waals surface area contributed by atoms with Crippen LogP contribution in [0.2, 0.25) is 18.1 Å². The van der Waals surface area contributed by atoms with Gasteiger partial charge in [-0.1, -0.05) is 52.6 Å². The normalized spacial score (nSPS) is 28.8. The number of Topliss-reactive ketones (excluding diaryl/α,β-unsaturated/α-hetero) is 2. The summed E-state index contributed by atoms with van der Waals surface area (Å²) in [6.07, 6.45) is 3.17. The Morgan fingerprint density at radius 1 is 1.13 bits per heavy atom. The molecule has 1 aliphatic heterocycles. The van der Waals surface area contributed by atoms with Gasteiger partial charge in [-0.25, -0.2) is 4.39 Å². The second-order valence-corrected chi connectivity index (χ2v) is 20.2. The van der Waals surface area contributed by atoms with Crippen LogP contribution < -0.4 is 4.74 Å². The summed E-state index contributed by atoms with van der Waals surface area (Å²) in [6.45, 7) is 16.9. The molecule has 1 aromatic rings. The summed E-state index contributed by atoms with van der Waals surface area (Å²) < 4.78 is 35.0. The Bertz CT molecular complexity index is 1480. The van der Waals surface area contributed by atoms with E-state index in [1.165, 1.54) is 6.07 Å². The molecule has 2 fully saturated rings. The average Bonchev–Trinajstić information content (AvgIpc) is 3.39. The summed E-state index contributed by atoms with van der Waals surface area (Å²) in [5.41, 5.74) is -0.740. The van der Waals surface area contributed by atoms with E-state index in [9.17, 15) is 5.11 Å². The molecule has 1 aromatic carbocycles. The number of oxime groups is 1.